The van der Waals surface area contributed by atoms with Crippen LogP contribution in [0.2, 0.25) is 5.02 Å². The van der Waals surface area contributed by atoms with E-state index in [4.69, 9.17) is 16.3 Å². The standard InChI is InChI=1S/C11H16BrClN2O/c1-8(2)7-16-4-3-14-11-10(13)5-9(12)6-15-11/h5-6,8H,3-4,7H2,1-2H3,(H,14,15). The van der Waals surface area contributed by atoms with Crippen LogP contribution < -0.4 is 5.32 Å². The molecule has 1 heterocycles. The van der Waals surface area contributed by atoms with Crippen molar-refractivity contribution in [1.82, 2.24) is 4.98 Å². The molecule has 1 N–H and O–H groups in total. The summed E-state index contributed by atoms with van der Waals surface area (Å²) in [5.41, 5.74) is 0. The van der Waals surface area contributed by atoms with Crippen molar-refractivity contribution < 1.29 is 4.74 Å². The van der Waals surface area contributed by atoms with Crippen molar-refractivity contribution in [2.24, 2.45) is 5.92 Å². The monoisotopic (exact) mass is 306 g/mol. The van der Waals surface area contributed by atoms with Crippen LogP contribution in [0.3, 0.4) is 0 Å². The second-order valence-corrected chi connectivity index (χ2v) is 5.20. The van der Waals surface area contributed by atoms with E-state index in [1.807, 2.05) is 6.07 Å². The molecule has 16 heavy (non-hydrogen) atoms. The van der Waals surface area contributed by atoms with Crippen molar-refractivity contribution in [3.8, 4) is 0 Å². The number of hydrogen-bond acceptors (Lipinski definition) is 3. The molecule has 0 bridgehead atoms. The van der Waals surface area contributed by atoms with Gasteiger partial charge in [0.2, 0.25) is 0 Å². The van der Waals surface area contributed by atoms with Crippen molar-refractivity contribution in [3.05, 3.63) is 21.8 Å². The Labute approximate surface area is 110 Å². The van der Waals surface area contributed by atoms with Gasteiger partial charge in [0.25, 0.3) is 0 Å². The Hall–Kier alpha value is -0.320. The van der Waals surface area contributed by atoms with E-state index in [9.17, 15) is 0 Å². The quantitative estimate of drug-likeness (QED) is 0.816. The van der Waals surface area contributed by atoms with Crippen molar-refractivity contribution in [2.75, 3.05) is 25.1 Å². The highest BCUT2D eigenvalue weighted by molar-refractivity contribution is 9.10. The summed E-state index contributed by atoms with van der Waals surface area (Å²) in [7, 11) is 0. The lowest BCUT2D eigenvalue weighted by Gasteiger charge is -2.09. The van der Waals surface area contributed by atoms with Crippen molar-refractivity contribution in [3.63, 3.8) is 0 Å². The lowest BCUT2D eigenvalue weighted by atomic mass is 10.2. The smallest absolute Gasteiger partial charge is 0.144 e. The van der Waals surface area contributed by atoms with Crippen LogP contribution >= 0.6 is 27.5 Å². The minimum atomic E-state index is 0.564. The highest BCUT2D eigenvalue weighted by Crippen LogP contribution is 2.22. The largest absolute Gasteiger partial charge is 0.379 e. The zero-order valence-corrected chi connectivity index (χ0v) is 11.8. The third-order valence-electron chi connectivity index (χ3n) is 1.80. The molecular weight excluding hydrogens is 291 g/mol. The third kappa shape index (κ3) is 5.14. The van der Waals surface area contributed by atoms with E-state index < -0.39 is 0 Å². The fourth-order valence-corrected chi connectivity index (χ4v) is 1.80. The summed E-state index contributed by atoms with van der Waals surface area (Å²) < 4.78 is 6.31. The normalized spacial score (nSPS) is 10.8. The summed E-state index contributed by atoms with van der Waals surface area (Å²) in [6, 6.07) is 1.81. The van der Waals surface area contributed by atoms with E-state index in [1.54, 1.807) is 6.20 Å². The molecule has 0 amide bonds. The Morgan fingerprint density at radius 2 is 2.31 bits per heavy atom. The Bertz CT molecular complexity index is 334. The number of hydrogen-bond donors (Lipinski definition) is 1. The molecule has 0 saturated heterocycles. The molecule has 0 fully saturated rings. The van der Waals surface area contributed by atoms with Gasteiger partial charge in [-0.25, -0.2) is 4.98 Å². The third-order valence-corrected chi connectivity index (χ3v) is 2.52. The van der Waals surface area contributed by atoms with Crippen LogP contribution in [0.15, 0.2) is 16.7 Å². The molecule has 90 valence electrons. The molecule has 0 radical (unpaired) electrons. The summed E-state index contributed by atoms with van der Waals surface area (Å²) in [6.45, 7) is 6.40. The Balaban J connectivity index is 2.27. The highest BCUT2D eigenvalue weighted by atomic mass is 79.9. The average Bonchev–Trinajstić information content (AvgIpc) is 2.20. The molecule has 1 rings (SSSR count). The van der Waals surface area contributed by atoms with Crippen LogP contribution in [0.25, 0.3) is 0 Å². The van der Waals surface area contributed by atoms with Crippen LogP contribution in [0.5, 0.6) is 0 Å². The van der Waals surface area contributed by atoms with Gasteiger partial charge in [0.1, 0.15) is 5.82 Å². The molecule has 0 aliphatic rings. The van der Waals surface area contributed by atoms with E-state index in [0.29, 0.717) is 29.9 Å². The Morgan fingerprint density at radius 3 is 2.94 bits per heavy atom. The van der Waals surface area contributed by atoms with Gasteiger partial charge in [-0.15, -0.1) is 0 Å². The summed E-state index contributed by atoms with van der Waals surface area (Å²) in [6.07, 6.45) is 1.71. The molecule has 0 aromatic carbocycles. The van der Waals surface area contributed by atoms with E-state index >= 15 is 0 Å². The fourth-order valence-electron chi connectivity index (χ4n) is 1.11. The maximum atomic E-state index is 6.00. The lowest BCUT2D eigenvalue weighted by molar-refractivity contribution is 0.118. The van der Waals surface area contributed by atoms with Gasteiger partial charge in [-0.2, -0.15) is 0 Å². The number of rotatable bonds is 6. The maximum Gasteiger partial charge on any atom is 0.144 e. The molecule has 5 heteroatoms. The average molecular weight is 308 g/mol. The molecule has 0 spiro atoms. The number of aromatic nitrogens is 1. The predicted octanol–water partition coefficient (Wildman–Crippen LogP) is 3.58. The maximum absolute atomic E-state index is 6.00. The van der Waals surface area contributed by atoms with Crippen molar-refractivity contribution in [2.45, 2.75) is 13.8 Å². The predicted molar refractivity (Wildman–Crippen MR) is 71.1 cm³/mol. The van der Waals surface area contributed by atoms with Crippen molar-refractivity contribution in [1.29, 1.82) is 0 Å². The fraction of sp³-hybridized carbons (Fsp3) is 0.545. The number of halogens is 2. The summed E-state index contributed by atoms with van der Waals surface area (Å²) >= 11 is 9.30. The molecule has 0 unspecified atom stereocenters. The number of ether oxygens (including phenoxy) is 1. The number of nitrogens with one attached hydrogen (secondary N) is 1. The van der Waals surface area contributed by atoms with Gasteiger partial charge in [0.15, 0.2) is 0 Å². The summed E-state index contributed by atoms with van der Waals surface area (Å²) in [4.78, 5) is 4.17. The first-order valence-corrected chi connectivity index (χ1v) is 6.39. The minimum absolute atomic E-state index is 0.564. The topological polar surface area (TPSA) is 34.1 Å². The van der Waals surface area contributed by atoms with E-state index in [-0.39, 0.29) is 0 Å². The second-order valence-electron chi connectivity index (χ2n) is 3.88. The van der Waals surface area contributed by atoms with Crippen LogP contribution in [0, 0.1) is 5.92 Å². The first kappa shape index (κ1) is 13.7. The Kier molecular flexibility index (Phi) is 6.09. The molecule has 0 aliphatic heterocycles. The van der Waals surface area contributed by atoms with Crippen LogP contribution in [-0.4, -0.2) is 24.7 Å². The van der Waals surface area contributed by atoms with Crippen LogP contribution in [0.4, 0.5) is 5.82 Å². The molecule has 0 saturated carbocycles. The summed E-state index contributed by atoms with van der Waals surface area (Å²) in [5.74, 6) is 1.26. The van der Waals surface area contributed by atoms with E-state index in [0.717, 1.165) is 11.1 Å². The Morgan fingerprint density at radius 1 is 1.56 bits per heavy atom. The van der Waals surface area contributed by atoms with Gasteiger partial charge in [-0.3, -0.25) is 0 Å². The van der Waals surface area contributed by atoms with Gasteiger partial charge in [-0.1, -0.05) is 25.4 Å². The van der Waals surface area contributed by atoms with Crippen molar-refractivity contribution >= 4 is 33.3 Å². The number of pyridine rings is 1. The zero-order valence-electron chi connectivity index (χ0n) is 9.46. The van der Waals surface area contributed by atoms with E-state index in [1.165, 1.54) is 0 Å². The molecule has 1 aromatic heterocycles. The summed E-state index contributed by atoms with van der Waals surface area (Å²) in [5, 5.41) is 3.73. The number of nitrogens with zero attached hydrogens (tertiary/aromatic N) is 1. The first-order chi connectivity index (χ1) is 7.59. The second kappa shape index (κ2) is 7.09. The zero-order chi connectivity index (χ0) is 12.0. The van der Waals surface area contributed by atoms with Gasteiger partial charge in [0, 0.05) is 23.8 Å². The molecule has 0 atom stereocenters. The number of anilines is 1. The highest BCUT2D eigenvalue weighted by Gasteiger charge is 2.01. The van der Waals surface area contributed by atoms with Crippen LogP contribution in [0.1, 0.15) is 13.8 Å². The van der Waals surface area contributed by atoms with Gasteiger partial charge in [0.05, 0.1) is 11.6 Å². The van der Waals surface area contributed by atoms with Crippen LogP contribution in [-0.2, 0) is 4.74 Å². The lowest BCUT2D eigenvalue weighted by Crippen LogP contribution is -2.13. The van der Waals surface area contributed by atoms with Gasteiger partial charge >= 0.3 is 0 Å². The first-order valence-electron chi connectivity index (χ1n) is 5.22. The van der Waals surface area contributed by atoms with E-state index in [2.05, 4.69) is 40.1 Å². The minimum Gasteiger partial charge on any atom is -0.379 e. The van der Waals surface area contributed by atoms with Gasteiger partial charge < -0.3 is 10.1 Å². The molecule has 3 nitrogen and oxygen atoms in total. The molecule has 0 aliphatic carbocycles. The van der Waals surface area contributed by atoms with Gasteiger partial charge in [-0.05, 0) is 27.9 Å². The molecule has 1 aromatic rings. The molecular formula is C11H16BrClN2O. The SMILES string of the molecule is CC(C)COCCNc1ncc(Br)cc1Cl.